The second-order valence-electron chi connectivity index (χ2n) is 4.76. The molecule has 0 unspecified atom stereocenters. The van der Waals surface area contributed by atoms with Gasteiger partial charge in [-0.15, -0.1) is 11.6 Å². The largest absolute Gasteiger partial charge is 0.416 e. The minimum atomic E-state index is -4.26. The Morgan fingerprint density at radius 2 is 1.78 bits per heavy atom. The van der Waals surface area contributed by atoms with Gasteiger partial charge in [0.15, 0.2) is 0 Å². The molecule has 18 heavy (non-hydrogen) atoms. The molecule has 1 fully saturated rings. The van der Waals surface area contributed by atoms with Crippen LogP contribution in [0.4, 0.5) is 13.2 Å². The molecule has 1 aliphatic carbocycles. The monoisotopic (exact) mass is 277 g/mol. The molecule has 1 nitrogen and oxygen atoms in total. The van der Waals surface area contributed by atoms with Crippen LogP contribution in [0.25, 0.3) is 0 Å². The molecule has 0 heterocycles. The van der Waals surface area contributed by atoms with Crippen LogP contribution in [0.1, 0.15) is 24.0 Å². The summed E-state index contributed by atoms with van der Waals surface area (Å²) in [5.41, 5.74) is 0.264. The molecule has 1 aromatic rings. The molecule has 0 aromatic heterocycles. The molecule has 2 rings (SSSR count). The number of benzene rings is 1. The lowest BCUT2D eigenvalue weighted by Gasteiger charge is -2.31. The average molecular weight is 278 g/mol. The lowest BCUT2D eigenvalue weighted by molar-refractivity contribution is -0.137. The van der Waals surface area contributed by atoms with E-state index in [1.807, 2.05) is 0 Å². The van der Waals surface area contributed by atoms with Gasteiger partial charge in [0.05, 0.1) is 5.56 Å². The number of rotatable bonds is 4. The van der Waals surface area contributed by atoms with Gasteiger partial charge in [-0.2, -0.15) is 13.2 Å². The molecule has 1 saturated carbocycles. The quantitative estimate of drug-likeness (QED) is 0.825. The minimum absolute atomic E-state index is 0.308. The first kappa shape index (κ1) is 13.7. The van der Waals surface area contributed by atoms with Crippen LogP contribution < -0.4 is 5.32 Å². The Hall–Kier alpha value is -0.740. The van der Waals surface area contributed by atoms with Crippen molar-refractivity contribution in [2.45, 2.75) is 30.9 Å². The lowest BCUT2D eigenvalue weighted by atomic mass is 9.85. The number of halogens is 4. The van der Waals surface area contributed by atoms with E-state index in [0.29, 0.717) is 17.8 Å². The van der Waals surface area contributed by atoms with Crippen molar-refractivity contribution in [3.05, 3.63) is 35.4 Å². The van der Waals surface area contributed by atoms with Crippen LogP contribution in [0.5, 0.6) is 0 Å². The van der Waals surface area contributed by atoms with Gasteiger partial charge in [0.25, 0.3) is 0 Å². The summed E-state index contributed by atoms with van der Waals surface area (Å²) in [5, 5.41) is 3.55. The Morgan fingerprint density at radius 1 is 1.17 bits per heavy atom. The molecule has 0 saturated heterocycles. The van der Waals surface area contributed by atoms with Gasteiger partial charge in [0, 0.05) is 11.9 Å². The summed E-state index contributed by atoms with van der Waals surface area (Å²) < 4.78 is 37.0. The van der Waals surface area contributed by atoms with Crippen molar-refractivity contribution in [3.63, 3.8) is 0 Å². The summed E-state index contributed by atoms with van der Waals surface area (Å²) in [6.07, 6.45) is -2.20. The van der Waals surface area contributed by atoms with Crippen molar-refractivity contribution < 1.29 is 13.2 Å². The number of alkyl halides is 4. The predicted octanol–water partition coefficient (Wildman–Crippen LogP) is 3.81. The molecule has 5 heteroatoms. The lowest BCUT2D eigenvalue weighted by Crippen LogP contribution is -2.33. The molecule has 1 aromatic carbocycles. The highest BCUT2D eigenvalue weighted by molar-refractivity contribution is 6.21. The molecular formula is C13H15ClF3N. The van der Waals surface area contributed by atoms with Gasteiger partial charge in [0.1, 0.15) is 0 Å². The maximum absolute atomic E-state index is 12.3. The van der Waals surface area contributed by atoms with Crippen molar-refractivity contribution in [2.24, 2.45) is 5.92 Å². The average Bonchev–Trinajstić information content (AvgIpc) is 2.26. The second-order valence-corrected chi connectivity index (χ2v) is 5.38. The maximum atomic E-state index is 12.3. The highest BCUT2D eigenvalue weighted by atomic mass is 35.5. The van der Waals surface area contributed by atoms with Gasteiger partial charge in [-0.05, 0) is 43.0 Å². The summed E-state index contributed by atoms with van der Waals surface area (Å²) in [4.78, 5) is 0. The minimum Gasteiger partial charge on any atom is -0.312 e. The molecule has 0 bridgehead atoms. The van der Waals surface area contributed by atoms with Gasteiger partial charge in [0.2, 0.25) is 0 Å². The van der Waals surface area contributed by atoms with Gasteiger partial charge in [-0.3, -0.25) is 0 Å². The molecule has 0 radical (unpaired) electrons. The predicted molar refractivity (Wildman–Crippen MR) is 65.5 cm³/mol. The topological polar surface area (TPSA) is 12.0 Å². The fourth-order valence-electron chi connectivity index (χ4n) is 2.05. The molecule has 0 atom stereocenters. The zero-order valence-corrected chi connectivity index (χ0v) is 10.6. The van der Waals surface area contributed by atoms with Crippen molar-refractivity contribution >= 4 is 11.6 Å². The smallest absolute Gasteiger partial charge is 0.312 e. The Morgan fingerprint density at radius 3 is 2.28 bits per heavy atom. The zero-order valence-electron chi connectivity index (χ0n) is 9.80. The summed E-state index contributed by atoms with van der Waals surface area (Å²) in [6, 6.07) is 5.27. The van der Waals surface area contributed by atoms with Gasteiger partial charge in [-0.25, -0.2) is 0 Å². The third-order valence-corrected chi connectivity index (χ3v) is 3.58. The molecule has 1 N–H and O–H groups in total. The molecule has 0 spiro atoms. The number of hydrogen-bond acceptors (Lipinski definition) is 1. The van der Waals surface area contributed by atoms with E-state index in [2.05, 4.69) is 5.32 Å². The summed E-state index contributed by atoms with van der Waals surface area (Å²) in [6.45, 7) is 1.48. The van der Waals surface area contributed by atoms with Crippen molar-refractivity contribution in [1.82, 2.24) is 5.32 Å². The summed E-state index contributed by atoms with van der Waals surface area (Å²) in [7, 11) is 0. The third kappa shape index (κ3) is 3.62. The number of hydrogen-bond donors (Lipinski definition) is 1. The van der Waals surface area contributed by atoms with Crippen LogP contribution in [-0.2, 0) is 12.7 Å². The first-order valence-electron chi connectivity index (χ1n) is 5.96. The van der Waals surface area contributed by atoms with Crippen LogP contribution in [0.15, 0.2) is 24.3 Å². The van der Waals surface area contributed by atoms with E-state index in [0.717, 1.165) is 37.1 Å². The fourth-order valence-corrected chi connectivity index (χ4v) is 2.56. The molecule has 1 aliphatic rings. The van der Waals surface area contributed by atoms with Crippen molar-refractivity contribution in [2.75, 3.05) is 6.54 Å². The number of nitrogens with one attached hydrogen (secondary N) is 1. The third-order valence-electron chi connectivity index (χ3n) is 3.22. The van der Waals surface area contributed by atoms with E-state index >= 15 is 0 Å². The Balaban J connectivity index is 1.76. The highest BCUT2D eigenvalue weighted by Gasteiger charge is 2.30. The van der Waals surface area contributed by atoms with Crippen LogP contribution >= 0.6 is 11.6 Å². The van der Waals surface area contributed by atoms with Gasteiger partial charge in [-0.1, -0.05) is 12.1 Å². The Kier molecular flexibility index (Phi) is 4.17. The SMILES string of the molecule is FC(F)(F)c1ccc(CNCC2CC(Cl)C2)cc1. The van der Waals surface area contributed by atoms with Gasteiger partial charge < -0.3 is 5.32 Å². The van der Waals surface area contributed by atoms with E-state index in [9.17, 15) is 13.2 Å². The second kappa shape index (κ2) is 5.49. The van der Waals surface area contributed by atoms with E-state index < -0.39 is 11.7 Å². The molecule has 0 amide bonds. The van der Waals surface area contributed by atoms with Crippen molar-refractivity contribution in [3.8, 4) is 0 Å². The van der Waals surface area contributed by atoms with Crippen LogP contribution in [0.2, 0.25) is 0 Å². The van der Waals surface area contributed by atoms with E-state index in [1.54, 1.807) is 0 Å². The Bertz CT molecular complexity index is 382. The van der Waals surface area contributed by atoms with Crippen LogP contribution in [0.3, 0.4) is 0 Å². The molecule has 100 valence electrons. The standard InChI is InChI=1S/C13H15ClF3N/c14-12-5-10(6-12)8-18-7-9-1-3-11(4-2-9)13(15,16)17/h1-4,10,12,18H,5-8H2. The van der Waals surface area contributed by atoms with Gasteiger partial charge >= 0.3 is 6.18 Å². The van der Waals surface area contributed by atoms with Crippen LogP contribution in [0, 0.1) is 5.92 Å². The van der Waals surface area contributed by atoms with Crippen LogP contribution in [-0.4, -0.2) is 11.9 Å². The Labute approximate surface area is 109 Å². The first-order valence-corrected chi connectivity index (χ1v) is 6.39. The van der Waals surface area contributed by atoms with E-state index in [-0.39, 0.29) is 0 Å². The van der Waals surface area contributed by atoms with E-state index in [1.165, 1.54) is 12.1 Å². The molecule has 0 aliphatic heterocycles. The highest BCUT2D eigenvalue weighted by Crippen LogP contribution is 2.31. The first-order chi connectivity index (χ1) is 8.45. The van der Waals surface area contributed by atoms with E-state index in [4.69, 9.17) is 11.6 Å². The normalized spacial score (nSPS) is 23.8. The zero-order chi connectivity index (χ0) is 13.2. The summed E-state index contributed by atoms with van der Waals surface area (Å²) >= 11 is 5.87. The fraction of sp³-hybridized carbons (Fsp3) is 0.538. The maximum Gasteiger partial charge on any atom is 0.416 e. The summed E-state index contributed by atoms with van der Waals surface area (Å²) in [5.74, 6) is 0.613. The molecular weight excluding hydrogens is 263 g/mol. The van der Waals surface area contributed by atoms with Crippen molar-refractivity contribution in [1.29, 1.82) is 0 Å².